The maximum Gasteiger partial charge on any atom is 0.341 e. The number of carbonyl (C=O) groups is 1. The molecular formula is C21H26O4. The number of aliphatic hydroxyl groups is 1. The van der Waals surface area contributed by atoms with Gasteiger partial charge in [-0.25, -0.2) is 4.79 Å². The zero-order chi connectivity index (χ0) is 18.1. The van der Waals surface area contributed by atoms with Crippen molar-refractivity contribution in [1.82, 2.24) is 0 Å². The molecule has 0 atom stereocenters. The standard InChI is InChI=1S/C21H26O4/c1-24-20-15-18(11-12-19(20)21(23)25-2)10-9-17-8-5-7-16(14-17)6-3-4-13-22/h5,7-8,11-12,14-15,22H,3-4,6,9-10,13H2,1-2H3. The van der Waals surface area contributed by atoms with Gasteiger partial charge < -0.3 is 14.6 Å². The van der Waals surface area contributed by atoms with Crippen LogP contribution < -0.4 is 4.74 Å². The lowest BCUT2D eigenvalue weighted by atomic mass is 9.99. The Morgan fingerprint density at radius 1 is 0.920 bits per heavy atom. The first-order valence-electron chi connectivity index (χ1n) is 8.62. The number of esters is 1. The number of rotatable bonds is 9. The van der Waals surface area contributed by atoms with Crippen LogP contribution in [-0.2, 0) is 24.0 Å². The van der Waals surface area contributed by atoms with Crippen molar-refractivity contribution >= 4 is 5.97 Å². The Hall–Kier alpha value is -2.33. The van der Waals surface area contributed by atoms with Crippen LogP contribution in [0.4, 0.5) is 0 Å². The minimum absolute atomic E-state index is 0.253. The predicted molar refractivity (Wildman–Crippen MR) is 98.2 cm³/mol. The van der Waals surface area contributed by atoms with Crippen molar-refractivity contribution in [2.24, 2.45) is 0 Å². The van der Waals surface area contributed by atoms with E-state index in [9.17, 15) is 4.79 Å². The smallest absolute Gasteiger partial charge is 0.341 e. The highest BCUT2D eigenvalue weighted by Gasteiger charge is 2.13. The third-order valence-electron chi connectivity index (χ3n) is 4.24. The molecule has 0 unspecified atom stereocenters. The summed E-state index contributed by atoms with van der Waals surface area (Å²) in [4.78, 5) is 11.7. The summed E-state index contributed by atoms with van der Waals surface area (Å²) in [6.07, 6.45) is 4.64. The monoisotopic (exact) mass is 342 g/mol. The molecule has 0 aliphatic rings. The third-order valence-corrected chi connectivity index (χ3v) is 4.24. The summed E-state index contributed by atoms with van der Waals surface area (Å²) in [5, 5.41) is 8.88. The molecule has 2 aromatic carbocycles. The van der Waals surface area contributed by atoms with E-state index in [1.807, 2.05) is 12.1 Å². The van der Waals surface area contributed by atoms with Crippen molar-refractivity contribution in [3.05, 3.63) is 64.7 Å². The number of hydrogen-bond donors (Lipinski definition) is 1. The fourth-order valence-electron chi connectivity index (χ4n) is 2.84. The predicted octanol–water partition coefficient (Wildman–Crippen LogP) is 3.58. The number of aliphatic hydroxyl groups excluding tert-OH is 1. The highest BCUT2D eigenvalue weighted by molar-refractivity contribution is 5.92. The van der Waals surface area contributed by atoms with Crippen LogP contribution in [0.2, 0.25) is 0 Å². The molecule has 4 nitrogen and oxygen atoms in total. The van der Waals surface area contributed by atoms with E-state index in [0.717, 1.165) is 37.7 Å². The first-order valence-corrected chi connectivity index (χ1v) is 8.62. The maximum absolute atomic E-state index is 11.7. The number of ether oxygens (including phenoxy) is 2. The van der Waals surface area contributed by atoms with Crippen molar-refractivity contribution in [2.75, 3.05) is 20.8 Å². The molecule has 2 rings (SSSR count). The van der Waals surface area contributed by atoms with Crippen LogP contribution in [-0.4, -0.2) is 31.9 Å². The summed E-state index contributed by atoms with van der Waals surface area (Å²) in [7, 11) is 2.92. The first-order chi connectivity index (χ1) is 12.2. The molecule has 1 N–H and O–H groups in total. The molecule has 0 aliphatic heterocycles. The van der Waals surface area contributed by atoms with Gasteiger partial charge in [-0.1, -0.05) is 30.3 Å². The lowest BCUT2D eigenvalue weighted by Crippen LogP contribution is -2.05. The summed E-state index contributed by atoms with van der Waals surface area (Å²) in [6.45, 7) is 0.253. The molecular weight excluding hydrogens is 316 g/mol. The molecule has 0 fully saturated rings. The van der Waals surface area contributed by atoms with E-state index < -0.39 is 0 Å². The van der Waals surface area contributed by atoms with Gasteiger partial charge in [0.15, 0.2) is 0 Å². The third kappa shape index (κ3) is 5.61. The minimum atomic E-state index is -0.390. The van der Waals surface area contributed by atoms with Gasteiger partial charge in [-0.2, -0.15) is 0 Å². The zero-order valence-corrected chi connectivity index (χ0v) is 15.0. The Bertz CT molecular complexity index is 694. The van der Waals surface area contributed by atoms with Crippen LogP contribution in [0, 0.1) is 0 Å². The molecule has 0 aliphatic carbocycles. The van der Waals surface area contributed by atoms with Crippen LogP contribution >= 0.6 is 0 Å². The molecule has 0 bridgehead atoms. The van der Waals surface area contributed by atoms with Crippen molar-refractivity contribution in [2.45, 2.75) is 32.1 Å². The molecule has 2 aromatic rings. The second-order valence-corrected chi connectivity index (χ2v) is 6.03. The van der Waals surface area contributed by atoms with E-state index in [1.165, 1.54) is 18.2 Å². The van der Waals surface area contributed by atoms with Gasteiger partial charge in [-0.15, -0.1) is 0 Å². The van der Waals surface area contributed by atoms with E-state index in [0.29, 0.717) is 11.3 Å². The molecule has 0 heterocycles. The first kappa shape index (κ1) is 19.0. The molecule has 134 valence electrons. The second kappa shape index (κ2) is 9.84. The Morgan fingerprint density at radius 2 is 1.60 bits per heavy atom. The Balaban J connectivity index is 2.01. The van der Waals surface area contributed by atoms with Gasteiger partial charge in [0.2, 0.25) is 0 Å². The highest BCUT2D eigenvalue weighted by Crippen LogP contribution is 2.22. The van der Waals surface area contributed by atoms with Gasteiger partial charge in [0.1, 0.15) is 11.3 Å². The Morgan fingerprint density at radius 3 is 2.24 bits per heavy atom. The normalized spacial score (nSPS) is 10.5. The maximum atomic E-state index is 11.7. The number of aryl methyl sites for hydroxylation is 3. The van der Waals surface area contributed by atoms with Crippen LogP contribution in [0.15, 0.2) is 42.5 Å². The van der Waals surface area contributed by atoms with Gasteiger partial charge >= 0.3 is 5.97 Å². The largest absolute Gasteiger partial charge is 0.496 e. The number of benzene rings is 2. The van der Waals surface area contributed by atoms with E-state index in [1.54, 1.807) is 13.2 Å². The molecule has 0 radical (unpaired) electrons. The van der Waals surface area contributed by atoms with Gasteiger partial charge in [0.05, 0.1) is 14.2 Å². The van der Waals surface area contributed by atoms with Crippen molar-refractivity contribution in [3.63, 3.8) is 0 Å². The van der Waals surface area contributed by atoms with Crippen molar-refractivity contribution in [1.29, 1.82) is 0 Å². The number of hydrogen-bond acceptors (Lipinski definition) is 4. The summed E-state index contributed by atoms with van der Waals surface area (Å²) >= 11 is 0. The average molecular weight is 342 g/mol. The van der Waals surface area contributed by atoms with Gasteiger partial charge in [-0.05, 0) is 60.9 Å². The fraction of sp³-hybridized carbons (Fsp3) is 0.381. The van der Waals surface area contributed by atoms with Gasteiger partial charge in [0, 0.05) is 6.61 Å². The number of methoxy groups -OCH3 is 2. The van der Waals surface area contributed by atoms with Crippen LogP contribution in [0.3, 0.4) is 0 Å². The van der Waals surface area contributed by atoms with E-state index in [2.05, 4.69) is 24.3 Å². The average Bonchev–Trinajstić information content (AvgIpc) is 2.66. The SMILES string of the molecule is COC(=O)c1ccc(CCc2cccc(CCCCO)c2)cc1OC. The molecule has 0 saturated heterocycles. The quantitative estimate of drug-likeness (QED) is 0.559. The van der Waals surface area contributed by atoms with Crippen molar-refractivity contribution < 1.29 is 19.4 Å². The molecule has 25 heavy (non-hydrogen) atoms. The Labute approximate surface area is 149 Å². The Kier molecular flexibility index (Phi) is 7.48. The highest BCUT2D eigenvalue weighted by atomic mass is 16.5. The number of unbranched alkanes of at least 4 members (excludes halogenated alkanes) is 1. The van der Waals surface area contributed by atoms with Crippen LogP contribution in [0.25, 0.3) is 0 Å². The molecule has 0 spiro atoms. The summed E-state index contributed by atoms with van der Waals surface area (Å²) in [6, 6.07) is 14.2. The second-order valence-electron chi connectivity index (χ2n) is 6.03. The molecule has 4 heteroatoms. The topological polar surface area (TPSA) is 55.8 Å². The minimum Gasteiger partial charge on any atom is -0.496 e. The van der Waals surface area contributed by atoms with Crippen LogP contribution in [0.5, 0.6) is 5.75 Å². The number of carbonyl (C=O) groups excluding carboxylic acids is 1. The van der Waals surface area contributed by atoms with Crippen LogP contribution in [0.1, 0.15) is 39.9 Å². The van der Waals surface area contributed by atoms with Gasteiger partial charge in [-0.3, -0.25) is 0 Å². The fourth-order valence-corrected chi connectivity index (χ4v) is 2.84. The lowest BCUT2D eigenvalue weighted by molar-refractivity contribution is 0.0597. The molecule has 0 saturated carbocycles. The summed E-state index contributed by atoms with van der Waals surface area (Å²) < 4.78 is 10.1. The van der Waals surface area contributed by atoms with Gasteiger partial charge in [0.25, 0.3) is 0 Å². The van der Waals surface area contributed by atoms with E-state index >= 15 is 0 Å². The molecule has 0 aromatic heterocycles. The van der Waals surface area contributed by atoms with E-state index in [-0.39, 0.29) is 12.6 Å². The zero-order valence-electron chi connectivity index (χ0n) is 15.0. The summed E-state index contributed by atoms with van der Waals surface area (Å²) in [5.41, 5.74) is 4.16. The van der Waals surface area contributed by atoms with E-state index in [4.69, 9.17) is 14.6 Å². The lowest BCUT2D eigenvalue weighted by Gasteiger charge is -2.10. The van der Waals surface area contributed by atoms with Crippen molar-refractivity contribution in [3.8, 4) is 5.75 Å². The summed E-state index contributed by atoms with van der Waals surface area (Å²) in [5.74, 6) is 0.154. The molecule has 0 amide bonds.